The number of rotatable bonds is 5. The van der Waals surface area contributed by atoms with Crippen LogP contribution in [-0.4, -0.2) is 43.0 Å². The fraction of sp³-hybridized carbons (Fsp3) is 0.412. The molecule has 1 amide bonds. The molecule has 1 heterocycles. The summed E-state index contributed by atoms with van der Waals surface area (Å²) in [6, 6.07) is 9.86. The van der Waals surface area contributed by atoms with Gasteiger partial charge >= 0.3 is 12.1 Å². The lowest BCUT2D eigenvalue weighted by Crippen LogP contribution is -2.37. The molecule has 2 rings (SSSR count). The van der Waals surface area contributed by atoms with E-state index in [2.05, 4.69) is 4.74 Å². The first kappa shape index (κ1) is 17.4. The van der Waals surface area contributed by atoms with Gasteiger partial charge in [0.25, 0.3) is 0 Å². The van der Waals surface area contributed by atoms with Gasteiger partial charge in [0.2, 0.25) is 0 Å². The predicted molar refractivity (Wildman–Crippen MR) is 90.1 cm³/mol. The SMILES string of the molecule is COC(=O)CC/C=C/C1CSC(c2ccccc2)N1C(=O)OC. The molecule has 124 valence electrons. The maximum absolute atomic E-state index is 12.2. The summed E-state index contributed by atoms with van der Waals surface area (Å²) in [7, 11) is 2.77. The molecule has 0 bridgehead atoms. The van der Waals surface area contributed by atoms with E-state index in [-0.39, 0.29) is 23.5 Å². The van der Waals surface area contributed by atoms with Crippen molar-refractivity contribution in [1.82, 2.24) is 4.90 Å². The zero-order chi connectivity index (χ0) is 16.7. The van der Waals surface area contributed by atoms with Gasteiger partial charge in [0.15, 0.2) is 0 Å². The second-order valence-electron chi connectivity index (χ2n) is 5.08. The molecule has 2 unspecified atom stereocenters. The van der Waals surface area contributed by atoms with Gasteiger partial charge in [-0.2, -0.15) is 0 Å². The zero-order valence-corrected chi connectivity index (χ0v) is 14.1. The number of hydrogen-bond donors (Lipinski definition) is 0. The molecule has 1 aliphatic rings. The van der Waals surface area contributed by atoms with Crippen molar-refractivity contribution in [3.63, 3.8) is 0 Å². The van der Waals surface area contributed by atoms with Crippen molar-refractivity contribution < 1.29 is 19.1 Å². The van der Waals surface area contributed by atoms with Crippen LogP contribution in [0.2, 0.25) is 0 Å². The molecule has 0 spiro atoms. The average Bonchev–Trinajstić information content (AvgIpc) is 3.02. The molecule has 1 aliphatic heterocycles. The first-order valence-corrected chi connectivity index (χ1v) is 8.48. The number of allylic oxidation sites excluding steroid dienone is 1. The summed E-state index contributed by atoms with van der Waals surface area (Å²) in [4.78, 5) is 25.0. The number of hydrogen-bond acceptors (Lipinski definition) is 5. The first-order chi connectivity index (χ1) is 11.2. The molecule has 6 heteroatoms. The number of ether oxygens (including phenoxy) is 2. The van der Waals surface area contributed by atoms with Crippen LogP contribution in [0, 0.1) is 0 Å². The zero-order valence-electron chi connectivity index (χ0n) is 13.3. The third-order valence-electron chi connectivity index (χ3n) is 3.61. The van der Waals surface area contributed by atoms with E-state index in [0.29, 0.717) is 12.8 Å². The van der Waals surface area contributed by atoms with Crippen LogP contribution in [0.4, 0.5) is 4.79 Å². The van der Waals surface area contributed by atoms with E-state index in [4.69, 9.17) is 4.74 Å². The van der Waals surface area contributed by atoms with Gasteiger partial charge in [0, 0.05) is 12.2 Å². The van der Waals surface area contributed by atoms with Crippen LogP contribution >= 0.6 is 11.8 Å². The number of methoxy groups -OCH3 is 2. The van der Waals surface area contributed by atoms with E-state index in [9.17, 15) is 9.59 Å². The van der Waals surface area contributed by atoms with E-state index >= 15 is 0 Å². The van der Waals surface area contributed by atoms with E-state index in [1.165, 1.54) is 14.2 Å². The third-order valence-corrected chi connectivity index (χ3v) is 4.95. The number of carbonyl (C=O) groups is 2. The second kappa shape index (κ2) is 8.62. The lowest BCUT2D eigenvalue weighted by atomic mass is 10.1. The Balaban J connectivity index is 2.06. The van der Waals surface area contributed by atoms with E-state index in [1.54, 1.807) is 16.7 Å². The Hall–Kier alpha value is -1.95. The molecule has 0 N–H and O–H groups in total. The quantitative estimate of drug-likeness (QED) is 0.610. The Morgan fingerprint density at radius 1 is 1.26 bits per heavy atom. The molecule has 0 saturated carbocycles. The van der Waals surface area contributed by atoms with Crippen LogP contribution in [0.25, 0.3) is 0 Å². The molecule has 1 aromatic carbocycles. The molecule has 0 aromatic heterocycles. The minimum atomic E-state index is -0.341. The maximum Gasteiger partial charge on any atom is 0.411 e. The van der Waals surface area contributed by atoms with Gasteiger partial charge in [-0.15, -0.1) is 11.8 Å². The van der Waals surface area contributed by atoms with Gasteiger partial charge in [-0.05, 0) is 12.0 Å². The minimum absolute atomic E-state index is 0.0460. The maximum atomic E-state index is 12.2. The molecule has 1 fully saturated rings. The monoisotopic (exact) mass is 335 g/mol. The summed E-state index contributed by atoms with van der Waals surface area (Å²) in [5, 5.41) is -0.0566. The molecule has 0 radical (unpaired) electrons. The van der Waals surface area contributed by atoms with E-state index < -0.39 is 0 Å². The molecule has 1 saturated heterocycles. The molecule has 2 atom stereocenters. The normalized spacial score (nSPS) is 20.7. The second-order valence-corrected chi connectivity index (χ2v) is 6.20. The predicted octanol–water partition coefficient (Wildman–Crippen LogP) is 3.38. The number of benzene rings is 1. The summed E-state index contributed by atoms with van der Waals surface area (Å²) in [6.45, 7) is 0. The van der Waals surface area contributed by atoms with Crippen molar-refractivity contribution in [3.8, 4) is 0 Å². The molecule has 0 aliphatic carbocycles. The molecule has 1 aromatic rings. The van der Waals surface area contributed by atoms with Crippen LogP contribution in [0.3, 0.4) is 0 Å². The highest BCUT2D eigenvalue weighted by molar-refractivity contribution is 7.99. The Bertz CT molecular complexity index is 561. The number of carbonyl (C=O) groups excluding carboxylic acids is 2. The van der Waals surface area contributed by atoms with Crippen molar-refractivity contribution in [3.05, 3.63) is 48.0 Å². The van der Waals surface area contributed by atoms with Crippen molar-refractivity contribution >= 4 is 23.8 Å². The Labute approximate surface area is 140 Å². The molecular formula is C17H21NO4S. The summed E-state index contributed by atoms with van der Waals surface area (Å²) < 4.78 is 9.56. The van der Waals surface area contributed by atoms with Crippen LogP contribution in [0.15, 0.2) is 42.5 Å². The lowest BCUT2D eigenvalue weighted by Gasteiger charge is -2.26. The lowest BCUT2D eigenvalue weighted by molar-refractivity contribution is -0.140. The highest BCUT2D eigenvalue weighted by atomic mass is 32.2. The summed E-state index contributed by atoms with van der Waals surface area (Å²) in [5.41, 5.74) is 1.08. The Kier molecular flexibility index (Phi) is 6.52. The third kappa shape index (κ3) is 4.51. The van der Waals surface area contributed by atoms with Gasteiger partial charge in [0.05, 0.1) is 20.3 Å². The van der Waals surface area contributed by atoms with Crippen LogP contribution in [-0.2, 0) is 14.3 Å². The minimum Gasteiger partial charge on any atom is -0.469 e. The van der Waals surface area contributed by atoms with Gasteiger partial charge < -0.3 is 9.47 Å². The molecule has 5 nitrogen and oxygen atoms in total. The highest BCUT2D eigenvalue weighted by Crippen LogP contribution is 2.41. The number of amides is 1. The number of esters is 1. The van der Waals surface area contributed by atoms with Crippen molar-refractivity contribution in [2.75, 3.05) is 20.0 Å². The fourth-order valence-electron chi connectivity index (χ4n) is 2.44. The molecule has 23 heavy (non-hydrogen) atoms. The van der Waals surface area contributed by atoms with E-state index in [1.807, 2.05) is 42.5 Å². The van der Waals surface area contributed by atoms with Crippen LogP contribution in [0.1, 0.15) is 23.8 Å². The van der Waals surface area contributed by atoms with Crippen molar-refractivity contribution in [2.24, 2.45) is 0 Å². The Morgan fingerprint density at radius 2 is 2.00 bits per heavy atom. The van der Waals surface area contributed by atoms with Gasteiger partial charge in [-0.1, -0.05) is 42.5 Å². The fourth-order valence-corrected chi connectivity index (χ4v) is 3.84. The number of thioether (sulfide) groups is 1. The topological polar surface area (TPSA) is 55.8 Å². The highest BCUT2D eigenvalue weighted by Gasteiger charge is 2.37. The largest absolute Gasteiger partial charge is 0.469 e. The van der Waals surface area contributed by atoms with E-state index in [0.717, 1.165) is 11.3 Å². The smallest absolute Gasteiger partial charge is 0.411 e. The standard InChI is InChI=1S/C17H21NO4S/c1-21-15(19)11-7-6-10-14-12-23-16(18(14)17(20)22-2)13-8-4-3-5-9-13/h3-6,8-10,14,16H,7,11-12H2,1-2H3/b10-6+. The van der Waals surface area contributed by atoms with Crippen LogP contribution < -0.4 is 0 Å². The average molecular weight is 335 g/mol. The van der Waals surface area contributed by atoms with Crippen molar-refractivity contribution in [1.29, 1.82) is 0 Å². The Morgan fingerprint density at radius 3 is 2.65 bits per heavy atom. The van der Waals surface area contributed by atoms with Gasteiger partial charge in [-0.3, -0.25) is 9.69 Å². The summed E-state index contributed by atoms with van der Waals surface area (Å²) in [5.74, 6) is 0.561. The first-order valence-electron chi connectivity index (χ1n) is 7.43. The summed E-state index contributed by atoms with van der Waals surface area (Å²) >= 11 is 1.71. The molecular weight excluding hydrogens is 314 g/mol. The number of nitrogens with zero attached hydrogens (tertiary/aromatic N) is 1. The van der Waals surface area contributed by atoms with Crippen LogP contribution in [0.5, 0.6) is 0 Å². The van der Waals surface area contributed by atoms with Gasteiger partial charge in [0.1, 0.15) is 5.37 Å². The van der Waals surface area contributed by atoms with Gasteiger partial charge in [-0.25, -0.2) is 4.79 Å². The summed E-state index contributed by atoms with van der Waals surface area (Å²) in [6.07, 6.45) is 4.49. The van der Waals surface area contributed by atoms with Crippen molar-refractivity contribution in [2.45, 2.75) is 24.3 Å².